The van der Waals surface area contributed by atoms with E-state index in [4.69, 9.17) is 0 Å². The third-order valence-electron chi connectivity index (χ3n) is 4.17. The first-order valence-corrected chi connectivity index (χ1v) is 10.4. The monoisotopic (exact) mass is 386 g/mol. The summed E-state index contributed by atoms with van der Waals surface area (Å²) in [5.74, 6) is 1.19. The van der Waals surface area contributed by atoms with Crippen molar-refractivity contribution in [3.05, 3.63) is 57.5 Å². The van der Waals surface area contributed by atoms with E-state index in [9.17, 15) is 4.79 Å². The Balaban J connectivity index is 1.61. The highest BCUT2D eigenvalue weighted by molar-refractivity contribution is 7.99. The van der Waals surface area contributed by atoms with Gasteiger partial charge in [-0.3, -0.25) is 4.79 Å². The molecule has 0 radical (unpaired) electrons. The quantitative estimate of drug-likeness (QED) is 0.622. The Morgan fingerprint density at radius 1 is 1.27 bits per heavy atom. The molecule has 26 heavy (non-hydrogen) atoms. The maximum Gasteiger partial charge on any atom is 0.234 e. The second-order valence-corrected chi connectivity index (χ2v) is 7.99. The molecule has 1 amide bonds. The fourth-order valence-corrected chi connectivity index (χ4v) is 4.13. The fourth-order valence-electron chi connectivity index (χ4n) is 2.70. The summed E-state index contributed by atoms with van der Waals surface area (Å²) in [6.45, 7) is 4.11. The number of aryl methyl sites for hydroxylation is 2. The first-order chi connectivity index (χ1) is 12.6. The number of rotatable bonds is 7. The van der Waals surface area contributed by atoms with E-state index in [0.717, 1.165) is 40.6 Å². The molecule has 0 aliphatic carbocycles. The van der Waals surface area contributed by atoms with Crippen LogP contribution in [0.2, 0.25) is 0 Å². The van der Waals surface area contributed by atoms with Crippen LogP contribution in [0.15, 0.2) is 40.9 Å². The lowest BCUT2D eigenvalue weighted by Crippen LogP contribution is -2.16. The van der Waals surface area contributed by atoms with Crippen LogP contribution in [0.4, 0.5) is 5.69 Å². The number of hydrogen-bond acceptors (Lipinski definition) is 5. The Morgan fingerprint density at radius 2 is 2.12 bits per heavy atom. The number of thiophene rings is 1. The van der Waals surface area contributed by atoms with Crippen molar-refractivity contribution >= 4 is 34.7 Å². The molecule has 0 bridgehead atoms. The smallest absolute Gasteiger partial charge is 0.234 e. The van der Waals surface area contributed by atoms with Gasteiger partial charge < -0.3 is 9.88 Å². The van der Waals surface area contributed by atoms with Gasteiger partial charge in [0.15, 0.2) is 5.16 Å². The van der Waals surface area contributed by atoms with E-state index < -0.39 is 0 Å². The zero-order chi connectivity index (χ0) is 18.5. The van der Waals surface area contributed by atoms with Gasteiger partial charge in [-0.25, -0.2) is 0 Å². The van der Waals surface area contributed by atoms with Crippen LogP contribution in [0, 0.1) is 6.92 Å². The van der Waals surface area contributed by atoms with E-state index in [1.54, 1.807) is 11.3 Å². The Bertz CT molecular complexity index is 887. The molecule has 0 saturated carbocycles. The van der Waals surface area contributed by atoms with E-state index >= 15 is 0 Å². The Hall–Kier alpha value is -2.12. The summed E-state index contributed by atoms with van der Waals surface area (Å²) in [4.78, 5) is 13.6. The number of anilines is 1. The van der Waals surface area contributed by atoms with Crippen molar-refractivity contribution < 1.29 is 4.79 Å². The number of carbonyl (C=O) groups is 1. The zero-order valence-corrected chi connectivity index (χ0v) is 16.8. The molecular weight excluding hydrogens is 364 g/mol. The van der Waals surface area contributed by atoms with Gasteiger partial charge in [0.2, 0.25) is 5.91 Å². The second kappa shape index (κ2) is 8.51. The molecule has 0 spiro atoms. The fraction of sp³-hybridized carbons (Fsp3) is 0.316. The highest BCUT2D eigenvalue weighted by Crippen LogP contribution is 2.23. The molecule has 0 fully saturated rings. The van der Waals surface area contributed by atoms with Crippen LogP contribution in [-0.4, -0.2) is 26.4 Å². The molecule has 0 aliphatic heterocycles. The Morgan fingerprint density at radius 3 is 2.85 bits per heavy atom. The van der Waals surface area contributed by atoms with Crippen molar-refractivity contribution in [1.29, 1.82) is 0 Å². The number of thioether (sulfide) groups is 1. The van der Waals surface area contributed by atoms with E-state index in [1.165, 1.54) is 16.6 Å². The van der Waals surface area contributed by atoms with Crippen LogP contribution in [0.1, 0.15) is 28.8 Å². The number of amides is 1. The topological polar surface area (TPSA) is 59.8 Å². The molecule has 0 saturated heterocycles. The van der Waals surface area contributed by atoms with Gasteiger partial charge in [-0.05, 0) is 35.9 Å². The third-order valence-corrected chi connectivity index (χ3v) is 6.07. The van der Waals surface area contributed by atoms with Crippen molar-refractivity contribution in [1.82, 2.24) is 14.8 Å². The van der Waals surface area contributed by atoms with E-state index in [2.05, 4.69) is 40.0 Å². The lowest BCUT2D eigenvalue weighted by molar-refractivity contribution is -0.113. The van der Waals surface area contributed by atoms with Crippen molar-refractivity contribution in [2.75, 3.05) is 11.1 Å². The Kier molecular flexibility index (Phi) is 6.11. The van der Waals surface area contributed by atoms with Gasteiger partial charge >= 0.3 is 0 Å². The normalized spacial score (nSPS) is 10.9. The minimum absolute atomic E-state index is 0.0261. The van der Waals surface area contributed by atoms with Crippen LogP contribution >= 0.6 is 23.1 Å². The summed E-state index contributed by atoms with van der Waals surface area (Å²) >= 11 is 3.12. The minimum Gasteiger partial charge on any atom is -0.325 e. The number of nitrogens with zero attached hydrogens (tertiary/aromatic N) is 3. The van der Waals surface area contributed by atoms with Crippen LogP contribution in [0.25, 0.3) is 0 Å². The first kappa shape index (κ1) is 18.7. The van der Waals surface area contributed by atoms with E-state index in [0.29, 0.717) is 5.75 Å². The average molecular weight is 387 g/mol. The Labute approximate surface area is 161 Å². The summed E-state index contributed by atoms with van der Waals surface area (Å²) in [5, 5.41) is 14.3. The van der Waals surface area contributed by atoms with Gasteiger partial charge in [0, 0.05) is 24.0 Å². The molecular formula is C19H22N4OS2. The number of hydrogen-bond donors (Lipinski definition) is 1. The van der Waals surface area contributed by atoms with Crippen molar-refractivity contribution in [3.63, 3.8) is 0 Å². The van der Waals surface area contributed by atoms with Crippen LogP contribution in [0.3, 0.4) is 0 Å². The van der Waals surface area contributed by atoms with Gasteiger partial charge in [-0.1, -0.05) is 43.0 Å². The van der Waals surface area contributed by atoms with Crippen LogP contribution in [0.5, 0.6) is 0 Å². The molecule has 0 unspecified atom stereocenters. The maximum absolute atomic E-state index is 12.4. The number of para-hydroxylation sites is 1. The average Bonchev–Trinajstić information content (AvgIpc) is 3.26. The van der Waals surface area contributed by atoms with Gasteiger partial charge in [0.1, 0.15) is 5.82 Å². The predicted molar refractivity (Wildman–Crippen MR) is 108 cm³/mol. The van der Waals surface area contributed by atoms with E-state index in [1.807, 2.05) is 36.7 Å². The molecule has 0 aliphatic rings. The molecule has 1 N–H and O–H groups in total. The van der Waals surface area contributed by atoms with Crippen molar-refractivity contribution in [2.45, 2.75) is 31.8 Å². The van der Waals surface area contributed by atoms with Gasteiger partial charge in [-0.2, -0.15) is 0 Å². The van der Waals surface area contributed by atoms with Gasteiger partial charge in [-0.15, -0.1) is 21.5 Å². The molecule has 1 aromatic carbocycles. The van der Waals surface area contributed by atoms with Gasteiger partial charge in [0.25, 0.3) is 0 Å². The standard InChI is InChI=1S/C19H22N4OS2/c1-4-14-8-5-7-13(2)18(14)20-17(24)12-26-19-22-21-16(23(19)3)11-15-9-6-10-25-15/h5-10H,4,11-12H2,1-3H3,(H,20,24). The summed E-state index contributed by atoms with van der Waals surface area (Å²) in [5.41, 5.74) is 3.16. The number of carbonyl (C=O) groups excluding carboxylic acids is 1. The molecule has 7 heteroatoms. The molecule has 3 aromatic rings. The van der Waals surface area contributed by atoms with Gasteiger partial charge in [0.05, 0.1) is 5.75 Å². The molecule has 2 heterocycles. The highest BCUT2D eigenvalue weighted by Gasteiger charge is 2.14. The molecule has 136 valence electrons. The number of aromatic nitrogens is 3. The summed E-state index contributed by atoms with van der Waals surface area (Å²) in [6.07, 6.45) is 1.65. The lowest BCUT2D eigenvalue weighted by atomic mass is 10.1. The second-order valence-electron chi connectivity index (χ2n) is 6.01. The van der Waals surface area contributed by atoms with Crippen LogP contribution < -0.4 is 5.32 Å². The molecule has 0 atom stereocenters. The largest absolute Gasteiger partial charge is 0.325 e. The third kappa shape index (κ3) is 4.34. The van der Waals surface area contributed by atoms with Crippen LogP contribution in [-0.2, 0) is 24.7 Å². The minimum atomic E-state index is -0.0261. The molecule has 2 aromatic heterocycles. The molecule has 5 nitrogen and oxygen atoms in total. The number of nitrogens with one attached hydrogen (secondary N) is 1. The maximum atomic E-state index is 12.4. The summed E-state index contributed by atoms with van der Waals surface area (Å²) in [7, 11) is 1.94. The number of benzene rings is 1. The zero-order valence-electron chi connectivity index (χ0n) is 15.2. The summed E-state index contributed by atoms with van der Waals surface area (Å²) in [6, 6.07) is 10.2. The van der Waals surface area contributed by atoms with Crippen molar-refractivity contribution in [2.24, 2.45) is 7.05 Å². The van der Waals surface area contributed by atoms with Crippen molar-refractivity contribution in [3.8, 4) is 0 Å². The highest BCUT2D eigenvalue weighted by atomic mass is 32.2. The lowest BCUT2D eigenvalue weighted by Gasteiger charge is -2.12. The SMILES string of the molecule is CCc1cccc(C)c1NC(=O)CSc1nnc(Cc2cccs2)n1C. The predicted octanol–water partition coefficient (Wildman–Crippen LogP) is 4.07. The molecule has 3 rings (SSSR count). The first-order valence-electron chi connectivity index (χ1n) is 8.50. The summed E-state index contributed by atoms with van der Waals surface area (Å²) < 4.78 is 1.96. The van der Waals surface area contributed by atoms with E-state index in [-0.39, 0.29) is 5.91 Å².